The highest BCUT2D eigenvalue weighted by atomic mass is 35.5. The molecule has 1 aromatic carbocycles. The van der Waals surface area contributed by atoms with E-state index in [-0.39, 0.29) is 10.8 Å². The van der Waals surface area contributed by atoms with Crippen molar-refractivity contribution < 1.29 is 4.39 Å². The molecule has 0 aromatic heterocycles. The number of hydrogen-bond acceptors (Lipinski definition) is 1. The molecule has 2 rings (SSSR count). The lowest BCUT2D eigenvalue weighted by Gasteiger charge is -2.10. The second kappa shape index (κ2) is 6.36. The third-order valence-corrected chi connectivity index (χ3v) is 3.81. The Hall–Kier alpha value is -0.600. The predicted octanol–water partition coefficient (Wildman–Crippen LogP) is 4.15. The lowest BCUT2D eigenvalue weighted by molar-refractivity contribution is 0.477. The van der Waals surface area contributed by atoms with Crippen LogP contribution >= 0.6 is 11.6 Å². The molecule has 1 aliphatic rings. The van der Waals surface area contributed by atoms with Gasteiger partial charge < -0.3 is 5.32 Å². The van der Waals surface area contributed by atoms with E-state index in [2.05, 4.69) is 5.32 Å². The van der Waals surface area contributed by atoms with Crippen molar-refractivity contribution >= 4 is 11.6 Å². The van der Waals surface area contributed by atoms with Crippen LogP contribution in [0.3, 0.4) is 0 Å². The molecular formula is C14H19ClFN. The summed E-state index contributed by atoms with van der Waals surface area (Å²) in [6, 6.07) is 4.90. The fourth-order valence-electron chi connectivity index (χ4n) is 2.49. The Morgan fingerprint density at radius 3 is 2.76 bits per heavy atom. The van der Waals surface area contributed by atoms with Crippen LogP contribution in [-0.4, -0.2) is 6.54 Å². The summed E-state index contributed by atoms with van der Waals surface area (Å²) in [7, 11) is 0. The standard InChI is InChI=1S/C14H19ClFN/c15-13-9-12(5-6-14(13)16)10-17-8-7-11-3-1-2-4-11/h5-6,9,11,17H,1-4,7-8,10H2. The van der Waals surface area contributed by atoms with Gasteiger partial charge in [-0.15, -0.1) is 0 Å². The van der Waals surface area contributed by atoms with Gasteiger partial charge in [-0.2, -0.15) is 0 Å². The largest absolute Gasteiger partial charge is 0.313 e. The summed E-state index contributed by atoms with van der Waals surface area (Å²) in [6.45, 7) is 1.81. The molecule has 0 radical (unpaired) electrons. The topological polar surface area (TPSA) is 12.0 Å². The molecule has 0 bridgehead atoms. The van der Waals surface area contributed by atoms with Crippen molar-refractivity contribution in [1.82, 2.24) is 5.32 Å². The second-order valence-electron chi connectivity index (χ2n) is 4.86. The van der Waals surface area contributed by atoms with Crippen LogP contribution in [0.1, 0.15) is 37.7 Å². The molecule has 0 unspecified atom stereocenters. The molecule has 0 spiro atoms. The molecule has 0 heterocycles. The van der Waals surface area contributed by atoms with Gasteiger partial charge in [-0.05, 0) is 36.6 Å². The Balaban J connectivity index is 1.68. The molecular weight excluding hydrogens is 237 g/mol. The normalized spacial score (nSPS) is 16.6. The third-order valence-electron chi connectivity index (χ3n) is 3.52. The highest BCUT2D eigenvalue weighted by Crippen LogP contribution is 2.26. The smallest absolute Gasteiger partial charge is 0.141 e. The van der Waals surface area contributed by atoms with Crippen molar-refractivity contribution in [3.8, 4) is 0 Å². The van der Waals surface area contributed by atoms with Gasteiger partial charge >= 0.3 is 0 Å². The Kier molecular flexibility index (Phi) is 4.81. The highest BCUT2D eigenvalue weighted by molar-refractivity contribution is 6.30. The van der Waals surface area contributed by atoms with Gasteiger partial charge in [0.15, 0.2) is 0 Å². The molecule has 3 heteroatoms. The van der Waals surface area contributed by atoms with Crippen molar-refractivity contribution in [3.63, 3.8) is 0 Å². The van der Waals surface area contributed by atoms with Gasteiger partial charge in [-0.25, -0.2) is 4.39 Å². The zero-order chi connectivity index (χ0) is 12.1. The molecule has 1 aliphatic carbocycles. The zero-order valence-corrected chi connectivity index (χ0v) is 10.8. The van der Waals surface area contributed by atoms with Crippen molar-refractivity contribution in [2.24, 2.45) is 5.92 Å². The molecule has 0 saturated heterocycles. The average Bonchev–Trinajstić information content (AvgIpc) is 2.82. The first-order valence-electron chi connectivity index (χ1n) is 6.40. The lowest BCUT2D eigenvalue weighted by Crippen LogP contribution is -2.17. The molecule has 1 aromatic rings. The van der Waals surface area contributed by atoms with Gasteiger partial charge in [0.25, 0.3) is 0 Å². The third kappa shape index (κ3) is 3.97. The maximum Gasteiger partial charge on any atom is 0.141 e. The van der Waals surface area contributed by atoms with Gasteiger partial charge in [0.2, 0.25) is 0 Å². The Morgan fingerprint density at radius 2 is 2.06 bits per heavy atom. The first-order valence-corrected chi connectivity index (χ1v) is 6.78. The van der Waals surface area contributed by atoms with E-state index >= 15 is 0 Å². The minimum Gasteiger partial charge on any atom is -0.313 e. The summed E-state index contributed by atoms with van der Waals surface area (Å²) in [5.74, 6) is 0.570. The molecule has 1 N–H and O–H groups in total. The van der Waals surface area contributed by atoms with E-state index in [1.165, 1.54) is 38.2 Å². The van der Waals surface area contributed by atoms with Crippen LogP contribution in [0.5, 0.6) is 0 Å². The fraction of sp³-hybridized carbons (Fsp3) is 0.571. The summed E-state index contributed by atoms with van der Waals surface area (Å²) in [6.07, 6.45) is 6.85. The number of hydrogen-bond donors (Lipinski definition) is 1. The maximum absolute atomic E-state index is 12.9. The molecule has 0 amide bonds. The molecule has 1 fully saturated rings. The van der Waals surface area contributed by atoms with Gasteiger partial charge in [0, 0.05) is 6.54 Å². The lowest BCUT2D eigenvalue weighted by atomic mass is 10.0. The average molecular weight is 256 g/mol. The second-order valence-corrected chi connectivity index (χ2v) is 5.27. The van der Waals surface area contributed by atoms with Crippen LogP contribution in [0, 0.1) is 11.7 Å². The first kappa shape index (κ1) is 12.8. The van der Waals surface area contributed by atoms with Gasteiger partial charge in [-0.3, -0.25) is 0 Å². The quantitative estimate of drug-likeness (QED) is 0.780. The van der Waals surface area contributed by atoms with E-state index in [1.54, 1.807) is 12.1 Å². The molecule has 0 aliphatic heterocycles. The van der Waals surface area contributed by atoms with Gasteiger partial charge in [0.1, 0.15) is 5.82 Å². The van der Waals surface area contributed by atoms with Crippen LogP contribution in [0.25, 0.3) is 0 Å². The minimum absolute atomic E-state index is 0.208. The number of nitrogens with one attached hydrogen (secondary N) is 1. The number of halogens is 2. The van der Waals surface area contributed by atoms with Gasteiger partial charge in [0.05, 0.1) is 5.02 Å². The van der Waals surface area contributed by atoms with Crippen LogP contribution in [0.15, 0.2) is 18.2 Å². The molecule has 0 atom stereocenters. The van der Waals surface area contributed by atoms with E-state index in [0.29, 0.717) is 0 Å². The summed E-state index contributed by atoms with van der Waals surface area (Å²) in [5, 5.41) is 3.60. The van der Waals surface area contributed by atoms with E-state index in [4.69, 9.17) is 11.6 Å². The van der Waals surface area contributed by atoms with E-state index in [1.807, 2.05) is 0 Å². The summed E-state index contributed by atoms with van der Waals surface area (Å²) >= 11 is 5.73. The predicted molar refractivity (Wildman–Crippen MR) is 69.7 cm³/mol. The Bertz CT molecular complexity index is 361. The van der Waals surface area contributed by atoms with Crippen molar-refractivity contribution in [2.75, 3.05) is 6.54 Å². The molecule has 94 valence electrons. The summed E-state index contributed by atoms with van der Waals surface area (Å²) < 4.78 is 12.9. The van der Waals surface area contributed by atoms with Crippen LogP contribution in [-0.2, 0) is 6.54 Å². The maximum atomic E-state index is 12.9. The molecule has 1 saturated carbocycles. The van der Waals surface area contributed by atoms with Crippen molar-refractivity contribution in [2.45, 2.75) is 38.6 Å². The summed E-state index contributed by atoms with van der Waals surface area (Å²) in [4.78, 5) is 0. The highest BCUT2D eigenvalue weighted by Gasteiger charge is 2.13. The minimum atomic E-state index is -0.346. The number of rotatable bonds is 5. The van der Waals surface area contributed by atoms with E-state index < -0.39 is 0 Å². The zero-order valence-electron chi connectivity index (χ0n) is 10.0. The number of benzene rings is 1. The van der Waals surface area contributed by atoms with Crippen LogP contribution in [0.2, 0.25) is 5.02 Å². The Morgan fingerprint density at radius 1 is 1.29 bits per heavy atom. The Labute approximate surface area is 107 Å². The van der Waals surface area contributed by atoms with Crippen molar-refractivity contribution in [1.29, 1.82) is 0 Å². The first-order chi connectivity index (χ1) is 8.25. The van der Waals surface area contributed by atoms with Crippen LogP contribution < -0.4 is 5.32 Å². The van der Waals surface area contributed by atoms with Crippen molar-refractivity contribution in [3.05, 3.63) is 34.6 Å². The summed E-state index contributed by atoms with van der Waals surface area (Å²) in [5.41, 5.74) is 1.04. The molecule has 17 heavy (non-hydrogen) atoms. The molecule has 1 nitrogen and oxygen atoms in total. The van der Waals surface area contributed by atoms with E-state index in [9.17, 15) is 4.39 Å². The van der Waals surface area contributed by atoms with Gasteiger partial charge in [-0.1, -0.05) is 43.4 Å². The van der Waals surface area contributed by atoms with E-state index in [0.717, 1.165) is 24.6 Å². The fourth-order valence-corrected chi connectivity index (χ4v) is 2.69. The van der Waals surface area contributed by atoms with Crippen LogP contribution in [0.4, 0.5) is 4.39 Å². The monoisotopic (exact) mass is 255 g/mol. The SMILES string of the molecule is Fc1ccc(CNCCC2CCCC2)cc1Cl.